The maximum atomic E-state index is 12.1. The monoisotopic (exact) mass is 335 g/mol. The molecule has 0 aliphatic carbocycles. The number of aromatic nitrogens is 2. The standard InChI is InChI=1S/C15H17N3O4S/c1-4-22-11-6-5-7-18(14(11)21)8-12(20)17-15-16-9(2)13(23-15)10(3)19/h5-7H,4,8H2,1-3H3,(H,16,17,20). The van der Waals surface area contributed by atoms with Crippen molar-refractivity contribution >= 4 is 28.2 Å². The van der Waals surface area contributed by atoms with Crippen LogP contribution in [0.1, 0.15) is 29.2 Å². The number of aryl methyl sites for hydroxylation is 1. The van der Waals surface area contributed by atoms with Gasteiger partial charge in [0.05, 0.1) is 17.2 Å². The number of nitrogens with zero attached hydrogens (tertiary/aromatic N) is 2. The van der Waals surface area contributed by atoms with Crippen LogP contribution in [0.4, 0.5) is 5.13 Å². The highest BCUT2D eigenvalue weighted by Crippen LogP contribution is 2.22. The summed E-state index contributed by atoms with van der Waals surface area (Å²) in [5.74, 6) is -0.294. The van der Waals surface area contributed by atoms with Crippen LogP contribution in [0, 0.1) is 6.92 Å². The van der Waals surface area contributed by atoms with Gasteiger partial charge in [-0.3, -0.25) is 14.4 Å². The average Bonchev–Trinajstić information content (AvgIpc) is 2.84. The molecule has 1 N–H and O–H groups in total. The van der Waals surface area contributed by atoms with Gasteiger partial charge in [0.1, 0.15) is 6.54 Å². The number of thiazole rings is 1. The largest absolute Gasteiger partial charge is 0.488 e. The molecule has 0 fully saturated rings. The Morgan fingerprint density at radius 2 is 2.17 bits per heavy atom. The van der Waals surface area contributed by atoms with E-state index in [-0.39, 0.29) is 23.6 Å². The van der Waals surface area contributed by atoms with E-state index >= 15 is 0 Å². The van der Waals surface area contributed by atoms with Crippen LogP contribution in [0.15, 0.2) is 23.1 Å². The maximum Gasteiger partial charge on any atom is 0.293 e. The molecule has 122 valence electrons. The second-order valence-electron chi connectivity index (χ2n) is 4.78. The molecule has 0 atom stereocenters. The lowest BCUT2D eigenvalue weighted by Gasteiger charge is -2.08. The number of anilines is 1. The minimum atomic E-state index is -0.399. The van der Waals surface area contributed by atoms with Crippen molar-refractivity contribution in [3.05, 3.63) is 39.3 Å². The predicted octanol–water partition coefficient (Wildman–Crippen LogP) is 1.85. The van der Waals surface area contributed by atoms with Crippen molar-refractivity contribution in [3.63, 3.8) is 0 Å². The fourth-order valence-corrected chi connectivity index (χ4v) is 2.87. The zero-order valence-electron chi connectivity index (χ0n) is 13.1. The Morgan fingerprint density at radius 3 is 2.78 bits per heavy atom. The van der Waals surface area contributed by atoms with Crippen LogP contribution in [0.25, 0.3) is 0 Å². The molecule has 0 radical (unpaired) electrons. The van der Waals surface area contributed by atoms with Crippen LogP contribution in [0.5, 0.6) is 5.75 Å². The molecular weight excluding hydrogens is 318 g/mol. The van der Waals surface area contributed by atoms with Crippen molar-refractivity contribution in [2.45, 2.75) is 27.3 Å². The molecule has 1 amide bonds. The van der Waals surface area contributed by atoms with Gasteiger partial charge in [0.2, 0.25) is 5.91 Å². The molecule has 0 bridgehead atoms. The summed E-state index contributed by atoms with van der Waals surface area (Å²) in [5, 5.41) is 2.94. The first kappa shape index (κ1) is 16.9. The van der Waals surface area contributed by atoms with Gasteiger partial charge in [-0.2, -0.15) is 0 Å². The Morgan fingerprint density at radius 1 is 1.43 bits per heavy atom. The fourth-order valence-electron chi connectivity index (χ4n) is 1.99. The third kappa shape index (κ3) is 4.04. The molecule has 2 rings (SSSR count). The number of nitrogens with one attached hydrogen (secondary N) is 1. The summed E-state index contributed by atoms with van der Waals surface area (Å²) in [6.45, 7) is 5.15. The number of pyridine rings is 1. The first-order chi connectivity index (χ1) is 10.9. The number of rotatable bonds is 6. The fraction of sp³-hybridized carbons (Fsp3) is 0.333. The Labute approximate surface area is 136 Å². The van der Waals surface area contributed by atoms with E-state index in [0.29, 0.717) is 22.3 Å². The quantitative estimate of drug-likeness (QED) is 0.814. The summed E-state index contributed by atoms with van der Waals surface area (Å²) in [6.07, 6.45) is 1.51. The Hall–Kier alpha value is -2.48. The summed E-state index contributed by atoms with van der Waals surface area (Å²) in [7, 11) is 0. The van der Waals surface area contributed by atoms with E-state index in [1.807, 2.05) is 0 Å². The lowest BCUT2D eigenvalue weighted by molar-refractivity contribution is -0.116. The van der Waals surface area contributed by atoms with Gasteiger partial charge in [-0.1, -0.05) is 11.3 Å². The summed E-state index contributed by atoms with van der Waals surface area (Å²) >= 11 is 1.12. The molecule has 0 saturated carbocycles. The zero-order chi connectivity index (χ0) is 17.0. The Balaban J connectivity index is 2.11. The van der Waals surface area contributed by atoms with Crippen LogP contribution in [0.3, 0.4) is 0 Å². The van der Waals surface area contributed by atoms with Gasteiger partial charge < -0.3 is 14.6 Å². The Kier molecular flexibility index (Phi) is 5.28. The first-order valence-corrected chi connectivity index (χ1v) is 7.84. The molecule has 0 unspecified atom stereocenters. The first-order valence-electron chi connectivity index (χ1n) is 7.02. The van der Waals surface area contributed by atoms with Gasteiger partial charge in [-0.05, 0) is 26.0 Å². The summed E-state index contributed by atoms with van der Waals surface area (Å²) in [5.41, 5.74) is 0.206. The van der Waals surface area contributed by atoms with Gasteiger partial charge in [0.25, 0.3) is 5.56 Å². The van der Waals surface area contributed by atoms with Crippen LogP contribution in [-0.4, -0.2) is 27.8 Å². The maximum absolute atomic E-state index is 12.1. The van der Waals surface area contributed by atoms with Gasteiger partial charge >= 0.3 is 0 Å². The smallest absolute Gasteiger partial charge is 0.293 e. The van der Waals surface area contributed by atoms with Crippen LogP contribution in [0.2, 0.25) is 0 Å². The van der Waals surface area contributed by atoms with E-state index in [4.69, 9.17) is 4.74 Å². The van der Waals surface area contributed by atoms with Crippen LogP contribution >= 0.6 is 11.3 Å². The number of ether oxygens (including phenoxy) is 1. The minimum Gasteiger partial charge on any atom is -0.488 e. The van der Waals surface area contributed by atoms with Crippen LogP contribution < -0.4 is 15.6 Å². The normalized spacial score (nSPS) is 10.4. The summed E-state index contributed by atoms with van der Waals surface area (Å²) < 4.78 is 6.47. The van der Waals surface area contributed by atoms with Gasteiger partial charge in [0, 0.05) is 13.1 Å². The van der Waals surface area contributed by atoms with Crippen molar-refractivity contribution in [2.24, 2.45) is 0 Å². The second kappa shape index (κ2) is 7.19. The highest BCUT2D eigenvalue weighted by Gasteiger charge is 2.14. The van der Waals surface area contributed by atoms with E-state index < -0.39 is 5.91 Å². The predicted molar refractivity (Wildman–Crippen MR) is 87.4 cm³/mol. The van der Waals surface area contributed by atoms with Crippen molar-refractivity contribution in [2.75, 3.05) is 11.9 Å². The molecule has 7 nitrogen and oxygen atoms in total. The molecule has 23 heavy (non-hydrogen) atoms. The molecule has 0 aromatic carbocycles. The number of Topliss-reactive ketones (excluding diaryl/α,β-unsaturated/α-hetero) is 1. The number of hydrogen-bond acceptors (Lipinski definition) is 6. The van der Waals surface area contributed by atoms with E-state index in [9.17, 15) is 14.4 Å². The number of carbonyl (C=O) groups is 2. The second-order valence-corrected chi connectivity index (χ2v) is 5.78. The van der Waals surface area contributed by atoms with Crippen LogP contribution in [-0.2, 0) is 11.3 Å². The van der Waals surface area contributed by atoms with E-state index in [1.54, 1.807) is 26.0 Å². The van der Waals surface area contributed by atoms with Gasteiger partial charge in [0.15, 0.2) is 16.7 Å². The minimum absolute atomic E-state index is 0.0962. The highest BCUT2D eigenvalue weighted by atomic mass is 32.1. The van der Waals surface area contributed by atoms with Crippen molar-refractivity contribution in [1.82, 2.24) is 9.55 Å². The molecule has 0 spiro atoms. The SMILES string of the molecule is CCOc1cccn(CC(=O)Nc2nc(C)c(C(C)=O)s2)c1=O. The summed E-state index contributed by atoms with van der Waals surface area (Å²) in [4.78, 5) is 40.2. The zero-order valence-corrected chi connectivity index (χ0v) is 13.9. The van der Waals surface area contributed by atoms with Gasteiger partial charge in [-0.15, -0.1) is 0 Å². The molecule has 0 aliphatic rings. The Bertz CT molecular complexity index is 794. The molecule has 0 aliphatic heterocycles. The molecular formula is C15H17N3O4S. The van der Waals surface area contributed by atoms with Crippen molar-refractivity contribution < 1.29 is 14.3 Å². The van der Waals surface area contributed by atoms with Crippen molar-refractivity contribution in [1.29, 1.82) is 0 Å². The molecule has 8 heteroatoms. The molecule has 0 saturated heterocycles. The average molecular weight is 335 g/mol. The third-order valence-electron chi connectivity index (χ3n) is 2.96. The number of hydrogen-bond donors (Lipinski definition) is 1. The highest BCUT2D eigenvalue weighted by molar-refractivity contribution is 7.17. The van der Waals surface area contributed by atoms with E-state index in [1.165, 1.54) is 17.7 Å². The summed E-state index contributed by atoms with van der Waals surface area (Å²) in [6, 6.07) is 3.20. The van der Waals surface area contributed by atoms with E-state index in [0.717, 1.165) is 11.3 Å². The van der Waals surface area contributed by atoms with E-state index in [2.05, 4.69) is 10.3 Å². The lowest BCUT2D eigenvalue weighted by Crippen LogP contribution is -2.27. The lowest BCUT2D eigenvalue weighted by atomic mass is 10.3. The molecule has 2 aromatic heterocycles. The number of carbonyl (C=O) groups excluding carboxylic acids is 2. The number of amides is 1. The van der Waals surface area contributed by atoms with Gasteiger partial charge in [-0.25, -0.2) is 4.98 Å². The molecule has 2 aromatic rings. The number of ketones is 1. The topological polar surface area (TPSA) is 90.3 Å². The molecule has 2 heterocycles. The van der Waals surface area contributed by atoms with Crippen molar-refractivity contribution in [3.8, 4) is 5.75 Å². The third-order valence-corrected chi connectivity index (χ3v) is 4.14.